The zero-order valence-electron chi connectivity index (χ0n) is 10.3. The van der Waals surface area contributed by atoms with Crippen molar-refractivity contribution in [2.24, 2.45) is 0 Å². The predicted molar refractivity (Wildman–Crippen MR) is 69.9 cm³/mol. The van der Waals surface area contributed by atoms with E-state index in [4.69, 9.17) is 0 Å². The second-order valence-corrected chi connectivity index (χ2v) is 3.97. The molecule has 0 aliphatic carbocycles. The van der Waals surface area contributed by atoms with E-state index in [9.17, 15) is 14.4 Å². The molecule has 19 heavy (non-hydrogen) atoms. The Morgan fingerprint density at radius 1 is 1.11 bits per heavy atom. The first-order valence-corrected chi connectivity index (χ1v) is 5.66. The predicted octanol–water partition coefficient (Wildman–Crippen LogP) is 1.33. The van der Waals surface area contributed by atoms with Gasteiger partial charge in [-0.15, -0.1) is 0 Å². The standard InChI is InChI=1S/C14H12N2O3/c1-16-13(18)11(12(17)15-14(16)19)9-5-8-10-6-3-2-4-7-10/h2-9H,1H3,(H,15,17,19)/b8-5-,11-9-. The van der Waals surface area contributed by atoms with Crippen molar-refractivity contribution < 1.29 is 14.4 Å². The molecule has 0 atom stereocenters. The summed E-state index contributed by atoms with van der Waals surface area (Å²) in [5.41, 5.74) is 0.890. The van der Waals surface area contributed by atoms with Gasteiger partial charge in [0.15, 0.2) is 0 Å². The van der Waals surface area contributed by atoms with Gasteiger partial charge in [-0.05, 0) is 11.6 Å². The molecule has 5 nitrogen and oxygen atoms in total. The molecule has 4 amide bonds. The lowest BCUT2D eigenvalue weighted by Crippen LogP contribution is -2.52. The molecule has 5 heteroatoms. The molecule has 1 fully saturated rings. The minimum atomic E-state index is -0.709. The molecule has 0 bridgehead atoms. The molecule has 1 saturated heterocycles. The molecule has 0 aromatic heterocycles. The topological polar surface area (TPSA) is 66.5 Å². The Kier molecular flexibility index (Phi) is 3.56. The van der Waals surface area contributed by atoms with E-state index in [-0.39, 0.29) is 5.57 Å². The second kappa shape index (κ2) is 5.30. The summed E-state index contributed by atoms with van der Waals surface area (Å²) >= 11 is 0. The highest BCUT2D eigenvalue weighted by molar-refractivity contribution is 6.28. The summed E-state index contributed by atoms with van der Waals surface area (Å²) < 4.78 is 0. The van der Waals surface area contributed by atoms with Crippen LogP contribution in [0.2, 0.25) is 0 Å². The van der Waals surface area contributed by atoms with Crippen LogP contribution in [0.4, 0.5) is 4.79 Å². The number of nitrogens with zero attached hydrogens (tertiary/aromatic N) is 1. The number of carbonyl (C=O) groups excluding carboxylic acids is 3. The highest BCUT2D eigenvalue weighted by atomic mass is 16.2. The normalized spacial score (nSPS) is 18.3. The number of likely N-dealkylation sites (N-methyl/N-ethyl adjacent to an activating group) is 1. The molecular formula is C14H12N2O3. The number of imide groups is 2. The maximum absolute atomic E-state index is 11.7. The first kappa shape index (κ1) is 12.8. The lowest BCUT2D eigenvalue weighted by molar-refractivity contribution is -0.129. The molecule has 0 radical (unpaired) electrons. The zero-order chi connectivity index (χ0) is 13.8. The molecule has 0 saturated carbocycles. The smallest absolute Gasteiger partial charge is 0.273 e. The first-order chi connectivity index (χ1) is 9.09. The Morgan fingerprint density at radius 2 is 1.79 bits per heavy atom. The van der Waals surface area contributed by atoms with Crippen LogP contribution in [0.3, 0.4) is 0 Å². The number of carbonyl (C=O) groups is 3. The Hall–Kier alpha value is -2.69. The molecule has 1 aromatic carbocycles. The maximum Gasteiger partial charge on any atom is 0.331 e. The van der Waals surface area contributed by atoms with Crippen molar-refractivity contribution in [1.29, 1.82) is 0 Å². The van der Waals surface area contributed by atoms with E-state index in [1.165, 1.54) is 13.1 Å². The van der Waals surface area contributed by atoms with Crippen molar-refractivity contribution in [2.75, 3.05) is 7.05 Å². The lowest BCUT2D eigenvalue weighted by Gasteiger charge is -2.21. The van der Waals surface area contributed by atoms with Crippen molar-refractivity contribution in [1.82, 2.24) is 10.2 Å². The van der Waals surface area contributed by atoms with Gasteiger partial charge in [0, 0.05) is 7.05 Å². The van der Waals surface area contributed by atoms with Gasteiger partial charge in [0.05, 0.1) is 0 Å². The summed E-state index contributed by atoms with van der Waals surface area (Å²) in [7, 11) is 1.32. The van der Waals surface area contributed by atoms with Crippen molar-refractivity contribution in [2.45, 2.75) is 0 Å². The number of hydrogen-bond acceptors (Lipinski definition) is 3. The summed E-state index contributed by atoms with van der Waals surface area (Å²) in [4.78, 5) is 35.3. The fraction of sp³-hybridized carbons (Fsp3) is 0.0714. The molecule has 1 aliphatic heterocycles. The molecule has 0 spiro atoms. The van der Waals surface area contributed by atoms with E-state index in [1.807, 2.05) is 30.3 Å². The summed E-state index contributed by atoms with van der Waals surface area (Å²) in [6.45, 7) is 0. The van der Waals surface area contributed by atoms with Gasteiger partial charge >= 0.3 is 6.03 Å². The zero-order valence-corrected chi connectivity index (χ0v) is 10.3. The first-order valence-electron chi connectivity index (χ1n) is 5.66. The fourth-order valence-electron chi connectivity index (χ4n) is 1.58. The van der Waals surface area contributed by atoms with Gasteiger partial charge in [0.1, 0.15) is 5.57 Å². The van der Waals surface area contributed by atoms with Crippen molar-refractivity contribution in [3.8, 4) is 0 Å². The minimum absolute atomic E-state index is 0.0609. The molecule has 1 heterocycles. The van der Waals surface area contributed by atoms with Gasteiger partial charge in [-0.2, -0.15) is 0 Å². The van der Waals surface area contributed by atoms with Gasteiger partial charge in [-0.3, -0.25) is 19.8 Å². The summed E-state index contributed by atoms with van der Waals surface area (Å²) in [6.07, 6.45) is 4.77. The molecule has 0 unspecified atom stereocenters. The van der Waals surface area contributed by atoms with E-state index < -0.39 is 17.8 Å². The second-order valence-electron chi connectivity index (χ2n) is 3.97. The van der Waals surface area contributed by atoms with Crippen LogP contribution in [0, 0.1) is 0 Å². The average Bonchev–Trinajstić information content (AvgIpc) is 2.41. The van der Waals surface area contributed by atoms with E-state index in [0.717, 1.165) is 10.5 Å². The van der Waals surface area contributed by atoms with E-state index in [0.29, 0.717) is 0 Å². The van der Waals surface area contributed by atoms with Crippen LogP contribution >= 0.6 is 0 Å². The molecule has 1 aromatic rings. The van der Waals surface area contributed by atoms with Crippen LogP contribution < -0.4 is 5.32 Å². The van der Waals surface area contributed by atoms with Gasteiger partial charge in [-0.25, -0.2) is 4.79 Å². The van der Waals surface area contributed by atoms with Gasteiger partial charge in [0.25, 0.3) is 11.8 Å². The van der Waals surface area contributed by atoms with Gasteiger partial charge < -0.3 is 0 Å². The quantitative estimate of drug-likeness (QED) is 0.641. The van der Waals surface area contributed by atoms with E-state index >= 15 is 0 Å². The number of hydrogen-bond donors (Lipinski definition) is 1. The van der Waals surface area contributed by atoms with Crippen LogP contribution in [0.15, 0.2) is 48.1 Å². The van der Waals surface area contributed by atoms with Crippen LogP contribution in [-0.2, 0) is 9.59 Å². The van der Waals surface area contributed by atoms with Crippen LogP contribution in [0.5, 0.6) is 0 Å². The lowest BCUT2D eigenvalue weighted by atomic mass is 10.1. The number of urea groups is 1. The van der Waals surface area contributed by atoms with Crippen LogP contribution in [0.1, 0.15) is 5.56 Å². The SMILES string of the molecule is CN1C(=O)NC(=O)/C(=C/C=C\c2ccccc2)C1=O. The Labute approximate surface area is 110 Å². The largest absolute Gasteiger partial charge is 0.331 e. The van der Waals surface area contributed by atoms with Crippen LogP contribution in [-0.4, -0.2) is 29.8 Å². The Balaban J connectivity index is 2.19. The highest BCUT2D eigenvalue weighted by Gasteiger charge is 2.32. The van der Waals surface area contributed by atoms with Crippen molar-refractivity contribution >= 4 is 23.9 Å². The van der Waals surface area contributed by atoms with Crippen molar-refractivity contribution in [3.63, 3.8) is 0 Å². The third kappa shape index (κ3) is 2.77. The monoisotopic (exact) mass is 256 g/mol. The fourth-order valence-corrected chi connectivity index (χ4v) is 1.58. The number of benzene rings is 1. The number of barbiturate groups is 1. The Bertz CT molecular complexity index is 588. The molecule has 1 aliphatic rings. The third-order valence-electron chi connectivity index (χ3n) is 2.66. The van der Waals surface area contributed by atoms with Gasteiger partial charge in [0.2, 0.25) is 0 Å². The highest BCUT2D eigenvalue weighted by Crippen LogP contribution is 2.09. The van der Waals surface area contributed by atoms with Gasteiger partial charge in [-0.1, -0.05) is 42.5 Å². The summed E-state index contributed by atoms with van der Waals surface area (Å²) in [5, 5.41) is 2.08. The summed E-state index contributed by atoms with van der Waals surface area (Å²) in [5.74, 6) is -1.28. The number of allylic oxidation sites excluding steroid dienone is 2. The van der Waals surface area contributed by atoms with E-state index in [1.54, 1.807) is 12.2 Å². The number of rotatable bonds is 2. The molecule has 2 rings (SSSR count). The Morgan fingerprint density at radius 3 is 2.47 bits per heavy atom. The molecule has 1 N–H and O–H groups in total. The summed E-state index contributed by atoms with van der Waals surface area (Å²) in [6, 6.07) is 8.75. The maximum atomic E-state index is 11.7. The third-order valence-corrected chi connectivity index (χ3v) is 2.66. The average molecular weight is 256 g/mol. The van der Waals surface area contributed by atoms with E-state index in [2.05, 4.69) is 5.32 Å². The minimum Gasteiger partial charge on any atom is -0.273 e. The number of amides is 4. The molecule has 96 valence electrons. The van der Waals surface area contributed by atoms with Crippen molar-refractivity contribution in [3.05, 3.63) is 53.6 Å². The number of nitrogens with one attached hydrogen (secondary N) is 1. The molecular weight excluding hydrogens is 244 g/mol. The van der Waals surface area contributed by atoms with Crippen LogP contribution in [0.25, 0.3) is 6.08 Å².